The molecule has 2 aromatic rings. The third-order valence-corrected chi connectivity index (χ3v) is 4.09. The largest absolute Gasteiger partial charge is 0.466 e. The molecule has 1 aromatic heterocycles. The average molecular weight is 342 g/mol. The van der Waals surface area contributed by atoms with Crippen molar-refractivity contribution in [3.8, 4) is 5.88 Å². The second kappa shape index (κ2) is 7.94. The Bertz CT molecular complexity index is 728. The number of aryl methyl sites for hydroxylation is 2. The second-order valence-electron chi connectivity index (χ2n) is 5.93. The Balaban J connectivity index is 1.51. The van der Waals surface area contributed by atoms with Gasteiger partial charge in [0.15, 0.2) is 6.61 Å². The molecule has 132 valence electrons. The summed E-state index contributed by atoms with van der Waals surface area (Å²) in [7, 11) is 0. The SMILES string of the molecule is Cc1cc(OCC(=O)Nc2ccc(N3CCOCC3)cc2)nnc1C. The number of ether oxygens (including phenoxy) is 2. The summed E-state index contributed by atoms with van der Waals surface area (Å²) >= 11 is 0. The summed E-state index contributed by atoms with van der Waals surface area (Å²) in [5.41, 5.74) is 3.68. The van der Waals surface area contributed by atoms with Gasteiger partial charge in [-0.3, -0.25) is 4.79 Å². The highest BCUT2D eigenvalue weighted by molar-refractivity contribution is 5.92. The van der Waals surface area contributed by atoms with Crippen LogP contribution in [0.3, 0.4) is 0 Å². The van der Waals surface area contributed by atoms with Gasteiger partial charge < -0.3 is 19.7 Å². The van der Waals surface area contributed by atoms with Crippen molar-refractivity contribution in [2.24, 2.45) is 0 Å². The first-order chi connectivity index (χ1) is 12.1. The van der Waals surface area contributed by atoms with Crippen molar-refractivity contribution in [3.05, 3.63) is 41.6 Å². The first-order valence-corrected chi connectivity index (χ1v) is 8.28. The lowest BCUT2D eigenvalue weighted by atomic mass is 10.2. The Morgan fingerprint density at radius 3 is 2.60 bits per heavy atom. The van der Waals surface area contributed by atoms with Crippen LogP contribution in [0.15, 0.2) is 30.3 Å². The predicted octanol–water partition coefficient (Wildman–Crippen LogP) is 1.95. The van der Waals surface area contributed by atoms with Gasteiger partial charge in [-0.05, 0) is 43.7 Å². The number of carbonyl (C=O) groups is 1. The number of amides is 1. The molecule has 25 heavy (non-hydrogen) atoms. The van der Waals surface area contributed by atoms with Crippen LogP contribution in [0.25, 0.3) is 0 Å². The number of hydrogen-bond donors (Lipinski definition) is 1. The van der Waals surface area contributed by atoms with E-state index in [2.05, 4.69) is 20.4 Å². The zero-order valence-electron chi connectivity index (χ0n) is 14.5. The van der Waals surface area contributed by atoms with Crippen molar-refractivity contribution in [1.82, 2.24) is 10.2 Å². The molecule has 1 N–H and O–H groups in total. The summed E-state index contributed by atoms with van der Waals surface area (Å²) in [6.45, 7) is 6.95. The van der Waals surface area contributed by atoms with Gasteiger partial charge in [-0.2, -0.15) is 5.10 Å². The normalized spacial score (nSPS) is 14.2. The Morgan fingerprint density at radius 2 is 1.92 bits per heavy atom. The maximum Gasteiger partial charge on any atom is 0.262 e. The molecule has 1 aliphatic heterocycles. The van der Waals surface area contributed by atoms with E-state index in [-0.39, 0.29) is 12.5 Å². The molecular weight excluding hydrogens is 320 g/mol. The van der Waals surface area contributed by atoms with Gasteiger partial charge in [-0.25, -0.2) is 0 Å². The molecule has 7 heteroatoms. The summed E-state index contributed by atoms with van der Waals surface area (Å²) in [5.74, 6) is 0.111. The van der Waals surface area contributed by atoms with E-state index in [1.54, 1.807) is 6.07 Å². The lowest BCUT2D eigenvalue weighted by molar-refractivity contribution is -0.118. The van der Waals surface area contributed by atoms with Crippen molar-refractivity contribution < 1.29 is 14.3 Å². The van der Waals surface area contributed by atoms with Crippen molar-refractivity contribution in [2.45, 2.75) is 13.8 Å². The summed E-state index contributed by atoms with van der Waals surface area (Å²) in [4.78, 5) is 14.3. The highest BCUT2D eigenvalue weighted by atomic mass is 16.5. The van der Waals surface area contributed by atoms with Gasteiger partial charge in [0, 0.05) is 30.5 Å². The van der Waals surface area contributed by atoms with Crippen molar-refractivity contribution in [3.63, 3.8) is 0 Å². The molecule has 1 amide bonds. The predicted molar refractivity (Wildman–Crippen MR) is 95.1 cm³/mol. The van der Waals surface area contributed by atoms with Crippen LogP contribution in [0, 0.1) is 13.8 Å². The lowest BCUT2D eigenvalue weighted by Crippen LogP contribution is -2.36. The van der Waals surface area contributed by atoms with Gasteiger partial charge in [0.2, 0.25) is 5.88 Å². The monoisotopic (exact) mass is 342 g/mol. The zero-order valence-corrected chi connectivity index (χ0v) is 14.5. The zero-order chi connectivity index (χ0) is 17.6. The molecule has 0 spiro atoms. The van der Waals surface area contributed by atoms with Gasteiger partial charge in [-0.1, -0.05) is 0 Å². The number of rotatable bonds is 5. The Kier molecular flexibility index (Phi) is 5.45. The topological polar surface area (TPSA) is 76.6 Å². The fourth-order valence-electron chi connectivity index (χ4n) is 2.51. The number of benzene rings is 1. The van der Waals surface area contributed by atoms with Crippen molar-refractivity contribution >= 4 is 17.3 Å². The summed E-state index contributed by atoms with van der Waals surface area (Å²) in [6.07, 6.45) is 0. The molecule has 0 saturated carbocycles. The van der Waals surface area contributed by atoms with Crippen molar-refractivity contribution in [1.29, 1.82) is 0 Å². The molecule has 1 aromatic carbocycles. The number of morpholine rings is 1. The van der Waals surface area contributed by atoms with Gasteiger partial charge >= 0.3 is 0 Å². The average Bonchev–Trinajstić information content (AvgIpc) is 2.64. The number of nitrogens with one attached hydrogen (secondary N) is 1. The van der Waals surface area contributed by atoms with Crippen LogP contribution in [0.1, 0.15) is 11.3 Å². The number of aromatic nitrogens is 2. The summed E-state index contributed by atoms with van der Waals surface area (Å²) in [6, 6.07) is 9.54. The highest BCUT2D eigenvalue weighted by Gasteiger charge is 2.11. The van der Waals surface area contributed by atoms with Crippen LogP contribution in [-0.4, -0.2) is 49.0 Å². The molecule has 1 fully saturated rings. The quantitative estimate of drug-likeness (QED) is 0.895. The molecule has 0 radical (unpaired) electrons. The van der Waals surface area contributed by atoms with E-state index >= 15 is 0 Å². The second-order valence-corrected chi connectivity index (χ2v) is 5.93. The minimum atomic E-state index is -0.237. The fourth-order valence-corrected chi connectivity index (χ4v) is 2.51. The van der Waals surface area contributed by atoms with Crippen LogP contribution in [-0.2, 0) is 9.53 Å². The van der Waals surface area contributed by atoms with E-state index in [0.29, 0.717) is 5.88 Å². The molecule has 1 aliphatic rings. The van der Waals surface area contributed by atoms with Crippen molar-refractivity contribution in [2.75, 3.05) is 43.1 Å². The number of nitrogens with zero attached hydrogens (tertiary/aromatic N) is 3. The summed E-state index contributed by atoms with van der Waals surface area (Å²) in [5, 5.41) is 10.7. The maximum absolute atomic E-state index is 12.0. The molecule has 0 unspecified atom stereocenters. The first-order valence-electron chi connectivity index (χ1n) is 8.28. The Hall–Kier alpha value is -2.67. The fraction of sp³-hybridized carbons (Fsp3) is 0.389. The van der Waals surface area contributed by atoms with E-state index in [9.17, 15) is 4.79 Å². The maximum atomic E-state index is 12.0. The van der Waals surface area contributed by atoms with Gasteiger partial charge in [0.05, 0.1) is 18.9 Å². The minimum Gasteiger partial charge on any atom is -0.466 e. The highest BCUT2D eigenvalue weighted by Crippen LogP contribution is 2.19. The van der Waals surface area contributed by atoms with Crippen LogP contribution in [0.2, 0.25) is 0 Å². The van der Waals surface area contributed by atoms with E-state index < -0.39 is 0 Å². The molecular formula is C18H22N4O3. The molecule has 1 saturated heterocycles. The standard InChI is InChI=1S/C18H22N4O3/c1-13-11-18(21-20-14(13)2)25-12-17(23)19-15-3-5-16(6-4-15)22-7-9-24-10-8-22/h3-6,11H,7-10,12H2,1-2H3,(H,19,23). The van der Waals surface area contributed by atoms with Gasteiger partial charge in [0.1, 0.15) is 0 Å². The van der Waals surface area contributed by atoms with E-state index in [1.165, 1.54) is 0 Å². The summed E-state index contributed by atoms with van der Waals surface area (Å²) < 4.78 is 10.7. The number of hydrogen-bond acceptors (Lipinski definition) is 6. The molecule has 3 rings (SSSR count). The van der Waals surface area contributed by atoms with Gasteiger partial charge in [-0.15, -0.1) is 5.10 Å². The van der Waals surface area contributed by atoms with Crippen LogP contribution in [0.5, 0.6) is 5.88 Å². The van der Waals surface area contributed by atoms with Crippen LogP contribution in [0.4, 0.5) is 11.4 Å². The van der Waals surface area contributed by atoms with Gasteiger partial charge in [0.25, 0.3) is 5.91 Å². The minimum absolute atomic E-state index is 0.109. The van der Waals surface area contributed by atoms with Crippen LogP contribution < -0.4 is 15.0 Å². The van der Waals surface area contributed by atoms with Crippen LogP contribution >= 0.6 is 0 Å². The first kappa shape index (κ1) is 17.2. The Labute approximate surface area is 147 Å². The third-order valence-electron chi connectivity index (χ3n) is 4.09. The lowest BCUT2D eigenvalue weighted by Gasteiger charge is -2.28. The molecule has 7 nitrogen and oxygen atoms in total. The van der Waals surface area contributed by atoms with E-state index in [1.807, 2.05) is 38.1 Å². The third kappa shape index (κ3) is 4.67. The molecule has 2 heterocycles. The van der Waals surface area contributed by atoms with E-state index in [0.717, 1.165) is 48.9 Å². The molecule has 0 aliphatic carbocycles. The Morgan fingerprint density at radius 1 is 1.20 bits per heavy atom. The number of anilines is 2. The molecule has 0 bridgehead atoms. The van der Waals surface area contributed by atoms with E-state index in [4.69, 9.17) is 9.47 Å². The molecule has 0 atom stereocenters. The number of carbonyl (C=O) groups excluding carboxylic acids is 1. The smallest absolute Gasteiger partial charge is 0.262 e.